The van der Waals surface area contributed by atoms with Crippen LogP contribution >= 0.6 is 0 Å². The molecule has 1 aliphatic carbocycles. The van der Waals surface area contributed by atoms with Gasteiger partial charge in [-0.05, 0) is 19.8 Å². The average Bonchev–Trinajstić information content (AvgIpc) is 2.95. The van der Waals surface area contributed by atoms with Crippen molar-refractivity contribution in [1.29, 1.82) is 5.26 Å². The van der Waals surface area contributed by atoms with Crippen LogP contribution in [0.25, 0.3) is 0 Å². The molecular weight excluding hydrogens is 180 g/mol. The Kier molecular flexibility index (Phi) is 3.48. The van der Waals surface area contributed by atoms with Crippen LogP contribution in [0.1, 0.15) is 26.2 Å². The van der Waals surface area contributed by atoms with E-state index in [1.165, 1.54) is 7.11 Å². The van der Waals surface area contributed by atoms with E-state index >= 15 is 0 Å². The van der Waals surface area contributed by atoms with Crippen molar-refractivity contribution in [2.45, 2.75) is 32.2 Å². The lowest BCUT2D eigenvalue weighted by Crippen LogP contribution is -2.36. The highest BCUT2D eigenvalue weighted by atomic mass is 16.5. The smallest absolute Gasteiger partial charge is 0.313 e. The van der Waals surface area contributed by atoms with Gasteiger partial charge in [0.25, 0.3) is 0 Å². The highest BCUT2D eigenvalue weighted by molar-refractivity contribution is 5.80. The topological polar surface area (TPSA) is 62.1 Å². The van der Waals surface area contributed by atoms with Gasteiger partial charge in [-0.3, -0.25) is 4.79 Å². The summed E-state index contributed by atoms with van der Waals surface area (Å²) >= 11 is 0. The summed E-state index contributed by atoms with van der Waals surface area (Å²) in [5, 5.41) is 11.6. The van der Waals surface area contributed by atoms with E-state index in [9.17, 15) is 4.79 Å². The zero-order valence-corrected chi connectivity index (χ0v) is 8.67. The molecule has 1 N–H and O–H groups in total. The van der Waals surface area contributed by atoms with Crippen molar-refractivity contribution in [3.63, 3.8) is 0 Å². The number of rotatable bonds is 5. The number of nitrogens with zero attached hydrogens (tertiary/aromatic N) is 1. The number of nitriles is 1. The molecule has 0 bridgehead atoms. The van der Waals surface area contributed by atoms with E-state index in [1.807, 2.05) is 6.92 Å². The Morgan fingerprint density at radius 2 is 2.36 bits per heavy atom. The Morgan fingerprint density at radius 1 is 1.71 bits per heavy atom. The summed E-state index contributed by atoms with van der Waals surface area (Å²) in [5.74, 6) is -0.130. The summed E-state index contributed by atoms with van der Waals surface area (Å²) in [6, 6.07) is 2.23. The Morgan fingerprint density at radius 3 is 2.79 bits per heavy atom. The normalized spacial score (nSPS) is 19.5. The van der Waals surface area contributed by atoms with Gasteiger partial charge in [0.2, 0.25) is 0 Å². The molecular formula is C10H16N2O2. The molecule has 0 heterocycles. The van der Waals surface area contributed by atoms with E-state index < -0.39 is 0 Å². The Bertz CT molecular complexity index is 253. The molecule has 1 fully saturated rings. The van der Waals surface area contributed by atoms with Gasteiger partial charge in [0, 0.05) is 12.6 Å². The second-order valence-corrected chi connectivity index (χ2v) is 3.92. The van der Waals surface area contributed by atoms with Crippen molar-refractivity contribution < 1.29 is 9.53 Å². The Labute approximate surface area is 84.2 Å². The summed E-state index contributed by atoms with van der Waals surface area (Å²) in [7, 11) is 1.42. The minimum Gasteiger partial charge on any atom is -0.469 e. The molecule has 0 spiro atoms. The first kappa shape index (κ1) is 11.0. The van der Waals surface area contributed by atoms with Crippen molar-refractivity contribution in [1.82, 2.24) is 5.32 Å². The maximum atomic E-state index is 11.3. The summed E-state index contributed by atoms with van der Waals surface area (Å²) < 4.78 is 4.73. The number of hydrogen-bond acceptors (Lipinski definition) is 4. The Hall–Kier alpha value is -1.08. The summed E-state index contributed by atoms with van der Waals surface area (Å²) in [6.45, 7) is 2.57. The number of esters is 1. The number of methoxy groups -OCH3 is 1. The fraction of sp³-hybridized carbons (Fsp3) is 0.800. The minimum absolute atomic E-state index is 0.130. The summed E-state index contributed by atoms with van der Waals surface area (Å²) in [6.07, 6.45) is 2.26. The molecule has 1 atom stereocenters. The highest BCUT2D eigenvalue weighted by Gasteiger charge is 2.50. The largest absolute Gasteiger partial charge is 0.469 e. The van der Waals surface area contributed by atoms with Crippen LogP contribution < -0.4 is 5.32 Å². The molecule has 0 saturated heterocycles. The van der Waals surface area contributed by atoms with Gasteiger partial charge in [-0.1, -0.05) is 0 Å². The van der Waals surface area contributed by atoms with E-state index in [2.05, 4.69) is 11.4 Å². The van der Waals surface area contributed by atoms with Crippen LogP contribution in [0.2, 0.25) is 0 Å². The fourth-order valence-electron chi connectivity index (χ4n) is 1.40. The average molecular weight is 196 g/mol. The number of carbonyl (C=O) groups excluding carboxylic acids is 1. The molecule has 1 saturated carbocycles. The van der Waals surface area contributed by atoms with Gasteiger partial charge < -0.3 is 10.1 Å². The van der Waals surface area contributed by atoms with Gasteiger partial charge >= 0.3 is 5.97 Å². The van der Waals surface area contributed by atoms with Gasteiger partial charge in [-0.2, -0.15) is 5.26 Å². The predicted molar refractivity (Wildman–Crippen MR) is 51.4 cm³/mol. The van der Waals surface area contributed by atoms with Crippen LogP contribution in [0, 0.1) is 16.7 Å². The van der Waals surface area contributed by atoms with Crippen LogP contribution in [0.5, 0.6) is 0 Å². The standard InChI is InChI=1S/C10H16N2O2/c1-8(3-6-11)12-7-10(4-5-10)9(13)14-2/h8,12H,3-5,7H2,1-2H3/t8-/m0/s1. The third-order valence-electron chi connectivity index (χ3n) is 2.66. The molecule has 0 radical (unpaired) electrons. The molecule has 4 nitrogen and oxygen atoms in total. The van der Waals surface area contributed by atoms with E-state index in [-0.39, 0.29) is 17.4 Å². The number of carbonyl (C=O) groups is 1. The summed E-state index contributed by atoms with van der Waals surface area (Å²) in [5.41, 5.74) is -0.293. The fourth-order valence-corrected chi connectivity index (χ4v) is 1.40. The van der Waals surface area contributed by atoms with Crippen molar-refractivity contribution in [2.24, 2.45) is 5.41 Å². The van der Waals surface area contributed by atoms with Gasteiger partial charge in [0.1, 0.15) is 0 Å². The lowest BCUT2D eigenvalue weighted by atomic mass is 10.1. The van der Waals surface area contributed by atoms with Gasteiger partial charge in [-0.15, -0.1) is 0 Å². The third kappa shape index (κ3) is 2.46. The number of ether oxygens (including phenoxy) is 1. The molecule has 4 heteroatoms. The first-order chi connectivity index (χ1) is 6.64. The summed E-state index contributed by atoms with van der Waals surface area (Å²) in [4.78, 5) is 11.3. The van der Waals surface area contributed by atoms with Crippen LogP contribution in [-0.2, 0) is 9.53 Å². The second-order valence-electron chi connectivity index (χ2n) is 3.92. The van der Waals surface area contributed by atoms with E-state index in [0.29, 0.717) is 13.0 Å². The van der Waals surface area contributed by atoms with Crippen molar-refractivity contribution in [2.75, 3.05) is 13.7 Å². The predicted octanol–water partition coefficient (Wildman–Crippen LogP) is 0.831. The molecule has 0 aromatic carbocycles. The van der Waals surface area contributed by atoms with Gasteiger partial charge in [0.05, 0.1) is 25.0 Å². The van der Waals surface area contributed by atoms with E-state index in [1.54, 1.807) is 0 Å². The quantitative estimate of drug-likeness (QED) is 0.661. The minimum atomic E-state index is -0.293. The molecule has 1 rings (SSSR count). The lowest BCUT2D eigenvalue weighted by molar-refractivity contribution is -0.146. The first-order valence-electron chi connectivity index (χ1n) is 4.83. The molecule has 78 valence electrons. The van der Waals surface area contributed by atoms with Crippen molar-refractivity contribution >= 4 is 5.97 Å². The molecule has 0 aliphatic heterocycles. The van der Waals surface area contributed by atoms with E-state index in [0.717, 1.165) is 12.8 Å². The molecule has 0 aromatic rings. The van der Waals surface area contributed by atoms with Crippen molar-refractivity contribution in [3.8, 4) is 6.07 Å². The van der Waals surface area contributed by atoms with Crippen LogP contribution in [-0.4, -0.2) is 25.7 Å². The van der Waals surface area contributed by atoms with E-state index in [4.69, 9.17) is 10.00 Å². The number of nitrogens with one attached hydrogen (secondary N) is 1. The van der Waals surface area contributed by atoms with Crippen LogP contribution in [0.15, 0.2) is 0 Å². The maximum absolute atomic E-state index is 11.3. The first-order valence-corrected chi connectivity index (χ1v) is 4.83. The SMILES string of the molecule is COC(=O)C1(CN[C@@H](C)CC#N)CC1. The number of hydrogen-bond donors (Lipinski definition) is 1. The van der Waals surface area contributed by atoms with Crippen LogP contribution in [0.4, 0.5) is 0 Å². The van der Waals surface area contributed by atoms with Gasteiger partial charge in [0.15, 0.2) is 0 Å². The second kappa shape index (κ2) is 4.43. The molecule has 0 aromatic heterocycles. The monoisotopic (exact) mass is 196 g/mol. The molecule has 14 heavy (non-hydrogen) atoms. The van der Waals surface area contributed by atoms with Crippen molar-refractivity contribution in [3.05, 3.63) is 0 Å². The third-order valence-corrected chi connectivity index (χ3v) is 2.66. The highest BCUT2D eigenvalue weighted by Crippen LogP contribution is 2.46. The van der Waals surface area contributed by atoms with Crippen LogP contribution in [0.3, 0.4) is 0 Å². The molecule has 0 amide bonds. The molecule has 1 aliphatic rings. The lowest BCUT2D eigenvalue weighted by Gasteiger charge is -2.16. The maximum Gasteiger partial charge on any atom is 0.313 e. The zero-order valence-electron chi connectivity index (χ0n) is 8.67. The Balaban J connectivity index is 2.31. The van der Waals surface area contributed by atoms with Gasteiger partial charge in [-0.25, -0.2) is 0 Å². The zero-order chi connectivity index (χ0) is 10.6. The molecule has 0 unspecified atom stereocenters.